The van der Waals surface area contributed by atoms with Crippen LogP contribution in [0.3, 0.4) is 0 Å². The Labute approximate surface area is 122 Å². The lowest BCUT2D eigenvalue weighted by molar-refractivity contribution is -0.116. The number of benzene rings is 1. The van der Waals surface area contributed by atoms with Gasteiger partial charge in [-0.3, -0.25) is 4.79 Å². The minimum absolute atomic E-state index is 0.114. The van der Waals surface area contributed by atoms with Gasteiger partial charge in [0.25, 0.3) is 0 Å². The highest BCUT2D eigenvalue weighted by molar-refractivity contribution is 6.30. The number of aryl methyl sites for hydroxylation is 2. The highest BCUT2D eigenvalue weighted by atomic mass is 35.5. The van der Waals surface area contributed by atoms with E-state index in [4.69, 9.17) is 16.1 Å². The SMILES string of the molecule is Cc1cc(NC(=O)CCNc2ccc(Cl)cc2C)no1. The number of nitrogens with one attached hydrogen (secondary N) is 2. The summed E-state index contributed by atoms with van der Waals surface area (Å²) in [7, 11) is 0. The van der Waals surface area contributed by atoms with E-state index in [2.05, 4.69) is 15.8 Å². The number of halogens is 1. The highest BCUT2D eigenvalue weighted by Crippen LogP contribution is 2.19. The summed E-state index contributed by atoms with van der Waals surface area (Å²) in [5, 5.41) is 10.3. The lowest BCUT2D eigenvalue weighted by atomic mass is 10.2. The van der Waals surface area contributed by atoms with Crippen LogP contribution in [0.15, 0.2) is 28.8 Å². The Morgan fingerprint density at radius 1 is 1.35 bits per heavy atom. The Hall–Kier alpha value is -2.01. The van der Waals surface area contributed by atoms with E-state index in [0.29, 0.717) is 29.6 Å². The predicted molar refractivity (Wildman–Crippen MR) is 79.2 cm³/mol. The fourth-order valence-corrected chi connectivity index (χ4v) is 1.99. The second-order valence-corrected chi connectivity index (χ2v) is 4.94. The van der Waals surface area contributed by atoms with Crippen molar-refractivity contribution in [1.82, 2.24) is 5.16 Å². The van der Waals surface area contributed by atoms with Crippen molar-refractivity contribution in [3.8, 4) is 0 Å². The van der Waals surface area contributed by atoms with Gasteiger partial charge in [0.2, 0.25) is 5.91 Å². The molecule has 0 aliphatic rings. The molecule has 20 heavy (non-hydrogen) atoms. The van der Waals surface area contributed by atoms with E-state index in [-0.39, 0.29) is 5.91 Å². The van der Waals surface area contributed by atoms with Crippen LogP contribution in [0.1, 0.15) is 17.7 Å². The topological polar surface area (TPSA) is 67.2 Å². The summed E-state index contributed by atoms with van der Waals surface area (Å²) < 4.78 is 4.87. The Bertz CT molecular complexity index is 610. The predicted octanol–water partition coefficient (Wildman–Crippen LogP) is 3.39. The lowest BCUT2D eigenvalue weighted by Crippen LogP contribution is -2.16. The first-order valence-electron chi connectivity index (χ1n) is 6.28. The summed E-state index contributed by atoms with van der Waals surface area (Å²) in [5.74, 6) is 0.989. The summed E-state index contributed by atoms with van der Waals surface area (Å²) in [6.07, 6.45) is 0.341. The normalized spacial score (nSPS) is 10.3. The van der Waals surface area contributed by atoms with Gasteiger partial charge in [-0.15, -0.1) is 0 Å². The quantitative estimate of drug-likeness (QED) is 0.887. The van der Waals surface area contributed by atoms with Crippen molar-refractivity contribution < 1.29 is 9.32 Å². The molecule has 1 amide bonds. The molecular formula is C14H16ClN3O2. The van der Waals surface area contributed by atoms with Crippen molar-refractivity contribution in [2.24, 2.45) is 0 Å². The third-order valence-corrected chi connectivity index (χ3v) is 2.99. The zero-order chi connectivity index (χ0) is 14.5. The lowest BCUT2D eigenvalue weighted by Gasteiger charge is -2.09. The van der Waals surface area contributed by atoms with E-state index < -0.39 is 0 Å². The van der Waals surface area contributed by atoms with Crippen LogP contribution < -0.4 is 10.6 Å². The molecule has 1 aromatic carbocycles. The zero-order valence-corrected chi connectivity index (χ0v) is 12.1. The summed E-state index contributed by atoms with van der Waals surface area (Å²) in [5.41, 5.74) is 2.02. The number of carbonyl (C=O) groups excluding carboxylic acids is 1. The maximum absolute atomic E-state index is 11.7. The van der Waals surface area contributed by atoms with Crippen LogP contribution in [-0.2, 0) is 4.79 Å². The fourth-order valence-electron chi connectivity index (χ4n) is 1.77. The van der Waals surface area contributed by atoms with E-state index in [9.17, 15) is 4.79 Å². The number of hydrogen-bond donors (Lipinski definition) is 2. The van der Waals surface area contributed by atoms with Crippen molar-refractivity contribution in [1.29, 1.82) is 0 Å². The molecule has 106 valence electrons. The number of anilines is 2. The van der Waals surface area contributed by atoms with Crippen LogP contribution in [0, 0.1) is 13.8 Å². The largest absolute Gasteiger partial charge is 0.384 e. The van der Waals surface area contributed by atoms with Crippen molar-refractivity contribution in [2.75, 3.05) is 17.2 Å². The molecule has 2 aromatic rings. The second kappa shape index (κ2) is 6.43. The molecule has 0 spiro atoms. The molecule has 0 aliphatic heterocycles. The molecular weight excluding hydrogens is 278 g/mol. The third kappa shape index (κ3) is 3.99. The summed E-state index contributed by atoms with van der Waals surface area (Å²) >= 11 is 5.89. The molecule has 2 rings (SSSR count). The van der Waals surface area contributed by atoms with Crippen LogP contribution >= 0.6 is 11.6 Å². The number of nitrogens with zero attached hydrogens (tertiary/aromatic N) is 1. The van der Waals surface area contributed by atoms with E-state index in [1.807, 2.05) is 25.1 Å². The highest BCUT2D eigenvalue weighted by Gasteiger charge is 2.06. The molecule has 1 aromatic heterocycles. The van der Waals surface area contributed by atoms with Crippen molar-refractivity contribution in [3.63, 3.8) is 0 Å². The number of carbonyl (C=O) groups is 1. The molecule has 0 radical (unpaired) electrons. The molecule has 0 fully saturated rings. The summed E-state index contributed by atoms with van der Waals surface area (Å²) in [6.45, 7) is 4.27. The van der Waals surface area contributed by atoms with Gasteiger partial charge >= 0.3 is 0 Å². The van der Waals surface area contributed by atoms with Gasteiger partial charge in [0.1, 0.15) is 5.76 Å². The van der Waals surface area contributed by atoms with E-state index in [0.717, 1.165) is 11.3 Å². The van der Waals surface area contributed by atoms with Crippen molar-refractivity contribution in [3.05, 3.63) is 40.6 Å². The van der Waals surface area contributed by atoms with Crippen LogP contribution in [0.25, 0.3) is 0 Å². The van der Waals surface area contributed by atoms with Gasteiger partial charge in [0, 0.05) is 29.7 Å². The molecule has 5 nitrogen and oxygen atoms in total. The van der Waals surface area contributed by atoms with E-state index in [1.165, 1.54) is 0 Å². The number of amides is 1. The Morgan fingerprint density at radius 2 is 2.15 bits per heavy atom. The van der Waals surface area contributed by atoms with Crippen LogP contribution in [0.2, 0.25) is 5.02 Å². The Morgan fingerprint density at radius 3 is 2.80 bits per heavy atom. The number of aromatic nitrogens is 1. The van der Waals surface area contributed by atoms with Gasteiger partial charge in [0.05, 0.1) is 0 Å². The molecule has 0 saturated heterocycles. The first-order valence-corrected chi connectivity index (χ1v) is 6.65. The smallest absolute Gasteiger partial charge is 0.227 e. The van der Waals surface area contributed by atoms with Gasteiger partial charge in [-0.2, -0.15) is 0 Å². The first kappa shape index (κ1) is 14.4. The molecule has 1 heterocycles. The average Bonchev–Trinajstić information content (AvgIpc) is 2.77. The van der Waals surface area contributed by atoms with Gasteiger partial charge in [-0.1, -0.05) is 16.8 Å². The zero-order valence-electron chi connectivity index (χ0n) is 11.4. The fraction of sp³-hybridized carbons (Fsp3) is 0.286. The number of rotatable bonds is 5. The Balaban J connectivity index is 1.79. The monoisotopic (exact) mass is 293 g/mol. The molecule has 6 heteroatoms. The van der Waals surface area contributed by atoms with Gasteiger partial charge in [-0.25, -0.2) is 0 Å². The standard InChI is InChI=1S/C14H16ClN3O2/c1-9-7-11(15)3-4-12(9)16-6-5-14(19)17-13-8-10(2)20-18-13/h3-4,7-8,16H,5-6H2,1-2H3,(H,17,18,19). The van der Waals surface area contributed by atoms with Crippen LogP contribution in [0.5, 0.6) is 0 Å². The van der Waals surface area contributed by atoms with Gasteiger partial charge in [0.15, 0.2) is 5.82 Å². The first-order chi connectivity index (χ1) is 9.54. The number of hydrogen-bond acceptors (Lipinski definition) is 4. The molecule has 0 aliphatic carbocycles. The Kier molecular flexibility index (Phi) is 4.63. The van der Waals surface area contributed by atoms with Crippen LogP contribution in [0.4, 0.5) is 11.5 Å². The van der Waals surface area contributed by atoms with Crippen molar-refractivity contribution in [2.45, 2.75) is 20.3 Å². The van der Waals surface area contributed by atoms with E-state index >= 15 is 0 Å². The molecule has 0 saturated carbocycles. The maximum atomic E-state index is 11.7. The third-order valence-electron chi connectivity index (χ3n) is 2.75. The molecule has 0 bridgehead atoms. The summed E-state index contributed by atoms with van der Waals surface area (Å²) in [6, 6.07) is 7.27. The second-order valence-electron chi connectivity index (χ2n) is 4.51. The maximum Gasteiger partial charge on any atom is 0.227 e. The molecule has 0 atom stereocenters. The molecule has 0 unspecified atom stereocenters. The minimum Gasteiger partial charge on any atom is -0.384 e. The molecule has 2 N–H and O–H groups in total. The average molecular weight is 294 g/mol. The summed E-state index contributed by atoms with van der Waals surface area (Å²) in [4.78, 5) is 11.7. The van der Waals surface area contributed by atoms with Gasteiger partial charge in [-0.05, 0) is 37.6 Å². The van der Waals surface area contributed by atoms with Gasteiger partial charge < -0.3 is 15.2 Å². The van der Waals surface area contributed by atoms with Crippen molar-refractivity contribution >= 4 is 29.0 Å². The minimum atomic E-state index is -0.114. The van der Waals surface area contributed by atoms with E-state index in [1.54, 1.807) is 13.0 Å². The van der Waals surface area contributed by atoms with Crippen LogP contribution in [-0.4, -0.2) is 17.6 Å².